The molecule has 2 saturated heterocycles. The molecule has 2 aliphatic rings. The monoisotopic (exact) mass is 226 g/mol. The van der Waals surface area contributed by atoms with Gasteiger partial charge in [0.2, 0.25) is 5.91 Å². The van der Waals surface area contributed by atoms with Crippen LogP contribution in [-0.4, -0.2) is 50.2 Å². The second-order valence-electron chi connectivity index (χ2n) is 4.82. The quantitative estimate of drug-likeness (QED) is 0.767. The Bertz CT molecular complexity index is 239. The lowest BCUT2D eigenvalue weighted by Crippen LogP contribution is -2.44. The standard InChI is InChI=1S/C12H22N2O2/c1-16-9-12(15)14-8-2-3-11(14)10-4-6-13-7-5-10/h10-11,13H,2-9H2,1H3. The van der Waals surface area contributed by atoms with E-state index in [2.05, 4.69) is 10.2 Å². The Balaban J connectivity index is 1.93. The van der Waals surface area contributed by atoms with Crippen LogP contribution in [0.15, 0.2) is 0 Å². The summed E-state index contributed by atoms with van der Waals surface area (Å²) in [5.74, 6) is 0.869. The van der Waals surface area contributed by atoms with Crippen molar-refractivity contribution < 1.29 is 9.53 Å². The number of piperidine rings is 1. The first-order chi connectivity index (χ1) is 7.83. The van der Waals surface area contributed by atoms with E-state index in [1.165, 1.54) is 19.3 Å². The van der Waals surface area contributed by atoms with Crippen LogP contribution in [-0.2, 0) is 9.53 Å². The summed E-state index contributed by atoms with van der Waals surface area (Å²) in [6.07, 6.45) is 4.76. The van der Waals surface area contributed by atoms with Crippen LogP contribution in [0.1, 0.15) is 25.7 Å². The van der Waals surface area contributed by atoms with Crippen molar-refractivity contribution in [1.82, 2.24) is 10.2 Å². The highest BCUT2D eigenvalue weighted by molar-refractivity contribution is 5.78. The average Bonchev–Trinajstić information content (AvgIpc) is 2.79. The van der Waals surface area contributed by atoms with Gasteiger partial charge in [-0.05, 0) is 44.7 Å². The van der Waals surface area contributed by atoms with Gasteiger partial charge in [0.05, 0.1) is 0 Å². The van der Waals surface area contributed by atoms with E-state index >= 15 is 0 Å². The number of rotatable bonds is 3. The van der Waals surface area contributed by atoms with Gasteiger partial charge in [-0.25, -0.2) is 0 Å². The van der Waals surface area contributed by atoms with E-state index in [-0.39, 0.29) is 12.5 Å². The molecular formula is C12H22N2O2. The molecular weight excluding hydrogens is 204 g/mol. The lowest BCUT2D eigenvalue weighted by Gasteiger charge is -2.34. The van der Waals surface area contributed by atoms with Crippen molar-refractivity contribution in [3.05, 3.63) is 0 Å². The van der Waals surface area contributed by atoms with Crippen molar-refractivity contribution in [3.63, 3.8) is 0 Å². The molecule has 1 unspecified atom stereocenters. The summed E-state index contributed by atoms with van der Waals surface area (Å²) in [7, 11) is 1.59. The number of hydrogen-bond donors (Lipinski definition) is 1. The van der Waals surface area contributed by atoms with Gasteiger partial charge < -0.3 is 15.0 Å². The Hall–Kier alpha value is -0.610. The fraction of sp³-hybridized carbons (Fsp3) is 0.917. The zero-order valence-electron chi connectivity index (χ0n) is 10.1. The van der Waals surface area contributed by atoms with Gasteiger partial charge in [0.1, 0.15) is 6.61 Å². The Labute approximate surface area is 97.3 Å². The Morgan fingerprint density at radius 3 is 2.81 bits per heavy atom. The molecule has 0 aromatic rings. The Kier molecular flexibility index (Phi) is 4.18. The molecule has 0 aliphatic carbocycles. The van der Waals surface area contributed by atoms with Crippen molar-refractivity contribution in [2.75, 3.05) is 33.4 Å². The Morgan fingerprint density at radius 1 is 1.38 bits per heavy atom. The van der Waals surface area contributed by atoms with Gasteiger partial charge in [0.15, 0.2) is 0 Å². The third-order valence-corrected chi connectivity index (χ3v) is 3.82. The molecule has 92 valence electrons. The number of methoxy groups -OCH3 is 1. The fourth-order valence-corrected chi connectivity index (χ4v) is 3.03. The maximum Gasteiger partial charge on any atom is 0.248 e. The van der Waals surface area contributed by atoms with Gasteiger partial charge in [0.25, 0.3) is 0 Å². The number of ether oxygens (including phenoxy) is 1. The minimum Gasteiger partial charge on any atom is -0.375 e. The fourth-order valence-electron chi connectivity index (χ4n) is 3.03. The first-order valence-corrected chi connectivity index (χ1v) is 6.32. The van der Waals surface area contributed by atoms with E-state index in [1.807, 2.05) is 0 Å². The molecule has 2 heterocycles. The molecule has 0 spiro atoms. The van der Waals surface area contributed by atoms with Gasteiger partial charge in [-0.15, -0.1) is 0 Å². The first-order valence-electron chi connectivity index (χ1n) is 6.32. The first kappa shape index (κ1) is 11.9. The molecule has 1 amide bonds. The maximum atomic E-state index is 11.9. The largest absolute Gasteiger partial charge is 0.375 e. The van der Waals surface area contributed by atoms with Crippen molar-refractivity contribution in [1.29, 1.82) is 0 Å². The van der Waals surface area contributed by atoms with Crippen LogP contribution in [0.5, 0.6) is 0 Å². The topological polar surface area (TPSA) is 41.6 Å². The number of hydrogen-bond acceptors (Lipinski definition) is 3. The van der Waals surface area contributed by atoms with Gasteiger partial charge in [-0.1, -0.05) is 0 Å². The van der Waals surface area contributed by atoms with Crippen LogP contribution in [0.25, 0.3) is 0 Å². The molecule has 2 aliphatic heterocycles. The van der Waals surface area contributed by atoms with Crippen LogP contribution in [0.3, 0.4) is 0 Å². The molecule has 0 radical (unpaired) electrons. The normalized spacial score (nSPS) is 27.3. The molecule has 2 fully saturated rings. The molecule has 1 atom stereocenters. The minimum atomic E-state index is 0.170. The zero-order chi connectivity index (χ0) is 11.4. The van der Waals surface area contributed by atoms with Gasteiger partial charge >= 0.3 is 0 Å². The summed E-state index contributed by atoms with van der Waals surface area (Å²) in [6, 6.07) is 0.477. The van der Waals surface area contributed by atoms with E-state index in [9.17, 15) is 4.79 Å². The number of carbonyl (C=O) groups excluding carboxylic acids is 1. The van der Waals surface area contributed by atoms with E-state index in [1.54, 1.807) is 7.11 Å². The van der Waals surface area contributed by atoms with Crippen molar-refractivity contribution >= 4 is 5.91 Å². The predicted molar refractivity (Wildman–Crippen MR) is 62.2 cm³/mol. The molecule has 0 saturated carbocycles. The molecule has 4 nitrogen and oxygen atoms in total. The number of amides is 1. The third kappa shape index (κ3) is 2.55. The van der Waals surface area contributed by atoms with Crippen LogP contribution >= 0.6 is 0 Å². The van der Waals surface area contributed by atoms with E-state index in [0.29, 0.717) is 12.0 Å². The highest BCUT2D eigenvalue weighted by atomic mass is 16.5. The highest BCUT2D eigenvalue weighted by Gasteiger charge is 2.34. The average molecular weight is 226 g/mol. The SMILES string of the molecule is COCC(=O)N1CCCC1C1CCNCC1. The Morgan fingerprint density at radius 2 is 2.12 bits per heavy atom. The molecule has 0 aromatic carbocycles. The summed E-state index contributed by atoms with van der Waals surface area (Å²) in [4.78, 5) is 13.9. The zero-order valence-corrected chi connectivity index (χ0v) is 10.1. The van der Waals surface area contributed by atoms with Gasteiger partial charge in [-0.2, -0.15) is 0 Å². The summed E-state index contributed by atoms with van der Waals surface area (Å²) in [5.41, 5.74) is 0. The molecule has 0 aromatic heterocycles. The van der Waals surface area contributed by atoms with Gasteiger partial charge in [0, 0.05) is 19.7 Å². The predicted octanol–water partition coefficient (Wildman–Crippen LogP) is 0.623. The van der Waals surface area contributed by atoms with Crippen molar-refractivity contribution in [2.24, 2.45) is 5.92 Å². The number of carbonyl (C=O) groups is 1. The van der Waals surface area contributed by atoms with E-state index < -0.39 is 0 Å². The lowest BCUT2D eigenvalue weighted by molar-refractivity contribution is -0.137. The van der Waals surface area contributed by atoms with Crippen molar-refractivity contribution in [2.45, 2.75) is 31.7 Å². The summed E-state index contributed by atoms with van der Waals surface area (Å²) >= 11 is 0. The molecule has 4 heteroatoms. The maximum absolute atomic E-state index is 11.9. The van der Waals surface area contributed by atoms with Crippen LogP contribution in [0, 0.1) is 5.92 Å². The highest BCUT2D eigenvalue weighted by Crippen LogP contribution is 2.29. The van der Waals surface area contributed by atoms with Gasteiger partial charge in [-0.3, -0.25) is 4.79 Å². The van der Waals surface area contributed by atoms with E-state index in [4.69, 9.17) is 4.74 Å². The molecule has 16 heavy (non-hydrogen) atoms. The second kappa shape index (κ2) is 5.64. The van der Waals surface area contributed by atoms with Crippen LogP contribution in [0.4, 0.5) is 0 Å². The summed E-state index contributed by atoms with van der Waals surface area (Å²) < 4.78 is 4.95. The number of likely N-dealkylation sites (tertiary alicyclic amines) is 1. The molecule has 1 N–H and O–H groups in total. The lowest BCUT2D eigenvalue weighted by atomic mass is 9.89. The van der Waals surface area contributed by atoms with Crippen molar-refractivity contribution in [3.8, 4) is 0 Å². The minimum absolute atomic E-state index is 0.170. The van der Waals surface area contributed by atoms with Crippen LogP contribution < -0.4 is 5.32 Å². The third-order valence-electron chi connectivity index (χ3n) is 3.82. The molecule has 0 bridgehead atoms. The summed E-state index contributed by atoms with van der Waals surface area (Å²) in [6.45, 7) is 3.37. The number of nitrogens with zero attached hydrogens (tertiary/aromatic N) is 1. The van der Waals surface area contributed by atoms with Crippen LogP contribution in [0.2, 0.25) is 0 Å². The molecule has 2 rings (SSSR count). The van der Waals surface area contributed by atoms with E-state index in [0.717, 1.165) is 26.1 Å². The summed E-state index contributed by atoms with van der Waals surface area (Å²) in [5, 5.41) is 3.38. The number of nitrogens with one attached hydrogen (secondary N) is 1. The smallest absolute Gasteiger partial charge is 0.248 e. The second-order valence-corrected chi connectivity index (χ2v) is 4.82.